The largest absolute Gasteiger partial charge is 0.341 e. The maximum absolute atomic E-state index is 13.5. The topological polar surface area (TPSA) is 46.3 Å². The lowest BCUT2D eigenvalue weighted by Gasteiger charge is -2.45. The summed E-state index contributed by atoms with van der Waals surface area (Å²) in [5, 5.41) is 0.722. The van der Waals surface area contributed by atoms with Crippen LogP contribution in [0.5, 0.6) is 0 Å². The van der Waals surface area contributed by atoms with Gasteiger partial charge in [-0.05, 0) is 42.4 Å². The van der Waals surface area contributed by atoms with Crippen molar-refractivity contribution in [3.05, 3.63) is 34.9 Å². The van der Waals surface area contributed by atoms with E-state index in [1.54, 1.807) is 0 Å². The van der Waals surface area contributed by atoms with Gasteiger partial charge in [-0.3, -0.25) is 4.79 Å². The molecule has 1 amide bonds. The molecular formula is C19H28Cl2N2O. The van der Waals surface area contributed by atoms with Crippen LogP contribution in [0.25, 0.3) is 0 Å². The molecule has 24 heavy (non-hydrogen) atoms. The SMILES string of the molecule is CC1(C)CN(C(=O)C2(c3ccc(Cl)cc3)CCCC2)CCC1N.Cl. The van der Waals surface area contributed by atoms with Gasteiger partial charge in [-0.1, -0.05) is 50.4 Å². The average Bonchev–Trinajstić information content (AvgIpc) is 3.01. The van der Waals surface area contributed by atoms with Crippen LogP contribution in [0.1, 0.15) is 51.5 Å². The van der Waals surface area contributed by atoms with Gasteiger partial charge in [0, 0.05) is 24.2 Å². The number of rotatable bonds is 2. The van der Waals surface area contributed by atoms with Gasteiger partial charge in [-0.15, -0.1) is 12.4 Å². The Kier molecular flexibility index (Phi) is 5.89. The molecule has 2 aliphatic rings. The summed E-state index contributed by atoms with van der Waals surface area (Å²) in [6.07, 6.45) is 5.00. The molecule has 3 nitrogen and oxygen atoms in total. The quantitative estimate of drug-likeness (QED) is 0.849. The number of hydrogen-bond donors (Lipinski definition) is 1. The maximum Gasteiger partial charge on any atom is 0.233 e. The standard InChI is InChI=1S/C19H27ClN2O.ClH/c1-18(2)13-22(12-9-16(18)21)17(23)19(10-3-4-11-19)14-5-7-15(20)8-6-14;/h5-8,16H,3-4,9-13,21H2,1-2H3;1H. The molecule has 5 heteroatoms. The molecule has 2 N–H and O–H groups in total. The highest BCUT2D eigenvalue weighted by molar-refractivity contribution is 6.30. The summed E-state index contributed by atoms with van der Waals surface area (Å²) in [5.74, 6) is 0.289. The van der Waals surface area contributed by atoms with Crippen LogP contribution in [-0.4, -0.2) is 29.9 Å². The third-order valence-electron chi connectivity index (χ3n) is 5.86. The first-order chi connectivity index (χ1) is 10.8. The molecule has 1 aromatic rings. The van der Waals surface area contributed by atoms with Gasteiger partial charge in [-0.2, -0.15) is 0 Å². The molecule has 1 atom stereocenters. The van der Waals surface area contributed by atoms with Crippen LogP contribution in [0.4, 0.5) is 0 Å². The number of halogens is 2. The Labute approximate surface area is 156 Å². The predicted octanol–water partition coefficient (Wildman–Crippen LogP) is 4.16. The number of nitrogens with zero attached hydrogens (tertiary/aromatic N) is 1. The molecule has 0 radical (unpaired) electrons. The molecule has 0 aromatic heterocycles. The van der Waals surface area contributed by atoms with E-state index in [0.717, 1.165) is 55.8 Å². The number of benzene rings is 1. The summed E-state index contributed by atoms with van der Waals surface area (Å²) in [6, 6.07) is 8.04. The van der Waals surface area contributed by atoms with Crippen LogP contribution < -0.4 is 5.73 Å². The van der Waals surface area contributed by atoms with Crippen LogP contribution in [0, 0.1) is 5.41 Å². The number of piperidine rings is 1. The molecule has 2 fully saturated rings. The molecule has 3 rings (SSSR count). The zero-order valence-electron chi connectivity index (χ0n) is 14.6. The van der Waals surface area contributed by atoms with Crippen molar-refractivity contribution in [2.24, 2.45) is 11.1 Å². The molecule has 1 aliphatic heterocycles. The highest BCUT2D eigenvalue weighted by Gasteiger charge is 2.47. The molecule has 1 heterocycles. The summed E-state index contributed by atoms with van der Waals surface area (Å²) in [4.78, 5) is 15.5. The predicted molar refractivity (Wildman–Crippen MR) is 102 cm³/mol. The monoisotopic (exact) mass is 370 g/mol. The average molecular weight is 371 g/mol. The minimum atomic E-state index is -0.359. The van der Waals surface area contributed by atoms with Crippen LogP contribution in [0.2, 0.25) is 5.02 Å². The van der Waals surface area contributed by atoms with Gasteiger partial charge in [0.1, 0.15) is 0 Å². The van der Waals surface area contributed by atoms with Crippen molar-refractivity contribution in [2.45, 2.75) is 57.4 Å². The second kappa shape index (κ2) is 7.23. The maximum atomic E-state index is 13.5. The fourth-order valence-electron chi connectivity index (χ4n) is 4.22. The molecule has 0 bridgehead atoms. The smallest absolute Gasteiger partial charge is 0.233 e. The number of amides is 1. The van der Waals surface area contributed by atoms with Crippen molar-refractivity contribution in [3.63, 3.8) is 0 Å². The molecule has 1 aromatic carbocycles. The van der Waals surface area contributed by atoms with E-state index in [2.05, 4.69) is 18.7 Å². The first-order valence-electron chi connectivity index (χ1n) is 8.66. The summed E-state index contributed by atoms with van der Waals surface area (Å²) in [6.45, 7) is 5.86. The van der Waals surface area contributed by atoms with Gasteiger partial charge >= 0.3 is 0 Å². The van der Waals surface area contributed by atoms with E-state index >= 15 is 0 Å². The van der Waals surface area contributed by atoms with Crippen LogP contribution >= 0.6 is 24.0 Å². The number of likely N-dealkylation sites (tertiary alicyclic amines) is 1. The Balaban J connectivity index is 0.00000208. The van der Waals surface area contributed by atoms with E-state index in [-0.39, 0.29) is 35.2 Å². The number of hydrogen-bond acceptors (Lipinski definition) is 2. The fourth-order valence-corrected chi connectivity index (χ4v) is 4.35. The highest BCUT2D eigenvalue weighted by Crippen LogP contribution is 2.44. The molecule has 134 valence electrons. The van der Waals surface area contributed by atoms with E-state index < -0.39 is 0 Å². The summed E-state index contributed by atoms with van der Waals surface area (Å²) < 4.78 is 0. The Morgan fingerprint density at radius 1 is 1.21 bits per heavy atom. The number of carbonyl (C=O) groups is 1. The minimum absolute atomic E-state index is 0. The third kappa shape index (κ3) is 3.44. The fraction of sp³-hybridized carbons (Fsp3) is 0.632. The normalized spacial score (nSPS) is 25.2. The van der Waals surface area contributed by atoms with Gasteiger partial charge in [-0.25, -0.2) is 0 Å². The summed E-state index contributed by atoms with van der Waals surface area (Å²) in [5.41, 5.74) is 6.98. The van der Waals surface area contributed by atoms with Crippen LogP contribution in [0.15, 0.2) is 24.3 Å². The summed E-state index contributed by atoms with van der Waals surface area (Å²) in [7, 11) is 0. The highest BCUT2D eigenvalue weighted by atomic mass is 35.5. The number of nitrogens with two attached hydrogens (primary N) is 1. The van der Waals surface area contributed by atoms with Crippen molar-refractivity contribution in [1.82, 2.24) is 4.90 Å². The lowest BCUT2D eigenvalue weighted by molar-refractivity contribution is -0.140. The Hall–Kier alpha value is -0.770. The van der Waals surface area contributed by atoms with E-state index in [1.807, 2.05) is 24.3 Å². The minimum Gasteiger partial charge on any atom is -0.341 e. The zero-order chi connectivity index (χ0) is 16.7. The first kappa shape index (κ1) is 19.6. The van der Waals surface area contributed by atoms with Gasteiger partial charge in [0.2, 0.25) is 5.91 Å². The van der Waals surface area contributed by atoms with Gasteiger partial charge in [0.05, 0.1) is 5.41 Å². The van der Waals surface area contributed by atoms with E-state index in [9.17, 15) is 4.79 Å². The molecule has 1 unspecified atom stereocenters. The van der Waals surface area contributed by atoms with Crippen molar-refractivity contribution < 1.29 is 4.79 Å². The molecule has 0 spiro atoms. The van der Waals surface area contributed by atoms with Crippen LogP contribution in [-0.2, 0) is 10.2 Å². The summed E-state index contributed by atoms with van der Waals surface area (Å²) >= 11 is 6.04. The second-order valence-electron chi connectivity index (χ2n) is 7.91. The Morgan fingerprint density at radius 3 is 2.33 bits per heavy atom. The molecule has 1 aliphatic carbocycles. The Morgan fingerprint density at radius 2 is 1.79 bits per heavy atom. The van der Waals surface area contributed by atoms with E-state index in [0.29, 0.717) is 0 Å². The lowest BCUT2D eigenvalue weighted by Crippen LogP contribution is -2.57. The second-order valence-corrected chi connectivity index (χ2v) is 8.34. The van der Waals surface area contributed by atoms with E-state index in [1.165, 1.54) is 0 Å². The van der Waals surface area contributed by atoms with Crippen molar-refractivity contribution >= 4 is 29.9 Å². The zero-order valence-corrected chi connectivity index (χ0v) is 16.1. The van der Waals surface area contributed by atoms with Gasteiger partial charge < -0.3 is 10.6 Å². The first-order valence-corrected chi connectivity index (χ1v) is 9.04. The van der Waals surface area contributed by atoms with Crippen molar-refractivity contribution in [1.29, 1.82) is 0 Å². The van der Waals surface area contributed by atoms with Gasteiger partial charge in [0.15, 0.2) is 0 Å². The molecular weight excluding hydrogens is 343 g/mol. The third-order valence-corrected chi connectivity index (χ3v) is 6.11. The molecule has 1 saturated carbocycles. The Bertz CT molecular complexity index is 580. The van der Waals surface area contributed by atoms with Crippen molar-refractivity contribution in [2.75, 3.05) is 13.1 Å². The van der Waals surface area contributed by atoms with E-state index in [4.69, 9.17) is 17.3 Å². The lowest BCUT2D eigenvalue weighted by atomic mass is 9.75. The number of carbonyl (C=O) groups excluding carboxylic acids is 1. The molecule has 1 saturated heterocycles. The van der Waals surface area contributed by atoms with Crippen molar-refractivity contribution in [3.8, 4) is 0 Å². The van der Waals surface area contributed by atoms with Gasteiger partial charge in [0.25, 0.3) is 0 Å². The van der Waals surface area contributed by atoms with Crippen LogP contribution in [0.3, 0.4) is 0 Å².